The maximum absolute atomic E-state index is 11.5. The van der Waals surface area contributed by atoms with Crippen LogP contribution in [0.4, 0.5) is 0 Å². The van der Waals surface area contributed by atoms with Crippen molar-refractivity contribution in [1.82, 2.24) is 3.53 Å². The second kappa shape index (κ2) is 5.10. The van der Waals surface area contributed by atoms with Gasteiger partial charge in [0.1, 0.15) is 0 Å². The van der Waals surface area contributed by atoms with E-state index >= 15 is 0 Å². The van der Waals surface area contributed by atoms with Crippen LogP contribution >= 0.6 is 68.0 Å². The van der Waals surface area contributed by atoms with Gasteiger partial charge in [0.15, 0.2) is 1.43 Å². The van der Waals surface area contributed by atoms with Crippen molar-refractivity contribution in [2.75, 3.05) is 0 Å². The van der Waals surface area contributed by atoms with E-state index in [1.807, 2.05) is 53.2 Å². The molecule has 0 saturated carbocycles. The van der Waals surface area contributed by atoms with Gasteiger partial charge in [-0.1, -0.05) is 75.5 Å². The van der Waals surface area contributed by atoms with Crippen LogP contribution in [0.3, 0.4) is 0 Å². The van der Waals surface area contributed by atoms with E-state index in [-0.39, 0.29) is 5.91 Å². The third-order valence-corrected chi connectivity index (χ3v) is 4.22. The fraction of sp³-hybridized carbons (Fsp3) is 0.125. The smallest absolute Gasteiger partial charge is 0.259 e. The Balaban J connectivity index is 3.00. The molecule has 0 heterocycles. The van der Waals surface area contributed by atoms with E-state index < -0.39 is 1.43 Å². The Morgan fingerprint density at radius 3 is 2.23 bits per heavy atom. The highest BCUT2D eigenvalue weighted by molar-refractivity contribution is 14.2. The topological polar surface area (TPSA) is 29.1 Å². The maximum atomic E-state index is 11.5. The van der Waals surface area contributed by atoms with Gasteiger partial charge < -0.3 is 0 Å². The summed E-state index contributed by atoms with van der Waals surface area (Å²) in [7, 11) is 0. The largest absolute Gasteiger partial charge is 0.297 e. The van der Waals surface area contributed by atoms with Crippen molar-refractivity contribution in [2.45, 2.75) is 1.43 Å². The molecule has 1 aromatic rings. The minimum atomic E-state index is -0.516. The molecule has 0 saturated heterocycles. The number of hydrogen-bond acceptors (Lipinski definition) is 1. The summed E-state index contributed by atoms with van der Waals surface area (Å²) in [6.07, 6.45) is 0. The van der Waals surface area contributed by atoms with Crippen LogP contribution in [0.15, 0.2) is 30.3 Å². The second-order valence-electron chi connectivity index (χ2n) is 2.36. The Morgan fingerprint density at radius 1 is 1.23 bits per heavy atom. The zero-order valence-electron chi connectivity index (χ0n) is 6.43. The maximum Gasteiger partial charge on any atom is 0.259 e. The minimum absolute atomic E-state index is 0.000463. The second-order valence-corrected chi connectivity index (χ2v) is 8.20. The molecule has 70 valence electrons. The van der Waals surface area contributed by atoms with Crippen LogP contribution in [0, 0.1) is 0 Å². The summed E-state index contributed by atoms with van der Waals surface area (Å²) in [4.78, 5) is 11.5. The van der Waals surface area contributed by atoms with Crippen LogP contribution in [0.2, 0.25) is 0 Å². The van der Waals surface area contributed by atoms with Gasteiger partial charge in [0, 0.05) is 0 Å². The number of alkyl halides is 2. The number of nitrogens with one attached hydrogen (secondary N) is 1. The van der Waals surface area contributed by atoms with Crippen LogP contribution in [-0.2, 0) is 6.22 Å². The van der Waals surface area contributed by atoms with Crippen LogP contribution < -0.4 is 3.53 Å². The lowest BCUT2D eigenvalue weighted by atomic mass is 10.1. The molecule has 0 spiro atoms. The van der Waals surface area contributed by atoms with Crippen molar-refractivity contribution in [3.05, 3.63) is 35.9 Å². The van der Waals surface area contributed by atoms with Crippen molar-refractivity contribution in [1.29, 1.82) is 0 Å². The molecule has 0 aliphatic carbocycles. The summed E-state index contributed by atoms with van der Waals surface area (Å²) < 4.78 is 2.10. The predicted octanol–water partition coefficient (Wildman–Crippen LogP) is 3.18. The number of carbonyl (C=O) groups is 1. The molecule has 0 radical (unpaired) electrons. The molecule has 2 nitrogen and oxygen atoms in total. The van der Waals surface area contributed by atoms with E-state index in [1.54, 1.807) is 0 Å². The highest BCUT2D eigenvalue weighted by Crippen LogP contribution is 2.39. The van der Waals surface area contributed by atoms with Gasteiger partial charge in [0.05, 0.1) is 22.9 Å². The van der Waals surface area contributed by atoms with E-state index in [0.717, 1.165) is 5.56 Å². The number of amides is 1. The first-order chi connectivity index (χ1) is 6.09. The number of carbonyl (C=O) groups excluding carboxylic acids is 1. The van der Waals surface area contributed by atoms with Gasteiger partial charge in [-0.05, 0) is 5.56 Å². The molecule has 0 atom stereocenters. The zero-order chi connectivity index (χ0) is 9.90. The van der Waals surface area contributed by atoms with Crippen molar-refractivity contribution < 1.29 is 4.79 Å². The highest BCUT2D eigenvalue weighted by Gasteiger charge is 2.33. The van der Waals surface area contributed by atoms with Gasteiger partial charge in [-0.25, -0.2) is 0 Å². The molecule has 0 bridgehead atoms. The molecule has 0 aromatic heterocycles. The third kappa shape index (κ3) is 2.91. The standard InChI is InChI=1S/C8H6I3NO/c9-8(10,7(13)12-11)6-4-2-1-3-5-6/h1-5H,(H,12,13). The highest BCUT2D eigenvalue weighted by atomic mass is 127. The summed E-state index contributed by atoms with van der Waals surface area (Å²) in [5.74, 6) is 0.000463. The van der Waals surface area contributed by atoms with E-state index in [9.17, 15) is 4.79 Å². The van der Waals surface area contributed by atoms with E-state index in [4.69, 9.17) is 0 Å². The minimum Gasteiger partial charge on any atom is -0.297 e. The van der Waals surface area contributed by atoms with Crippen molar-refractivity contribution in [2.24, 2.45) is 0 Å². The van der Waals surface area contributed by atoms with E-state index in [0.29, 0.717) is 0 Å². The molecule has 0 fully saturated rings. The van der Waals surface area contributed by atoms with E-state index in [2.05, 4.69) is 48.7 Å². The summed E-state index contributed by atoms with van der Waals surface area (Å²) in [6, 6.07) is 9.70. The molecule has 0 aliphatic rings. The Kier molecular flexibility index (Phi) is 4.69. The Bertz CT molecular complexity index is 300. The monoisotopic (exact) mass is 513 g/mol. The van der Waals surface area contributed by atoms with Crippen LogP contribution in [0.5, 0.6) is 0 Å². The third-order valence-electron chi connectivity index (χ3n) is 1.51. The van der Waals surface area contributed by atoms with Crippen LogP contribution in [0.1, 0.15) is 5.56 Å². The Labute approximate surface area is 118 Å². The number of benzene rings is 1. The lowest BCUT2D eigenvalue weighted by molar-refractivity contribution is -0.118. The molecule has 5 heteroatoms. The summed E-state index contributed by atoms with van der Waals surface area (Å²) >= 11 is 6.13. The molecule has 0 unspecified atom stereocenters. The first kappa shape index (κ1) is 12.0. The van der Waals surface area contributed by atoms with Gasteiger partial charge in [-0.3, -0.25) is 8.32 Å². The van der Waals surface area contributed by atoms with Crippen LogP contribution in [0.25, 0.3) is 0 Å². The van der Waals surface area contributed by atoms with Crippen molar-refractivity contribution in [3.8, 4) is 0 Å². The van der Waals surface area contributed by atoms with Crippen molar-refractivity contribution >= 4 is 74.0 Å². The fourth-order valence-electron chi connectivity index (χ4n) is 0.838. The average Bonchev–Trinajstić information content (AvgIpc) is 2.18. The van der Waals surface area contributed by atoms with Gasteiger partial charge in [-0.2, -0.15) is 0 Å². The van der Waals surface area contributed by atoms with Gasteiger partial charge in [0.2, 0.25) is 0 Å². The normalized spacial score (nSPS) is 11.0. The lowest BCUT2D eigenvalue weighted by Gasteiger charge is -2.17. The fourth-order valence-corrected chi connectivity index (χ4v) is 3.26. The van der Waals surface area contributed by atoms with Crippen molar-refractivity contribution in [3.63, 3.8) is 0 Å². The Hall–Kier alpha value is 0.880. The molecular weight excluding hydrogens is 507 g/mol. The van der Waals surface area contributed by atoms with Gasteiger partial charge >= 0.3 is 0 Å². The quantitative estimate of drug-likeness (QED) is 0.368. The average molecular weight is 513 g/mol. The molecular formula is C8H6I3NO. The zero-order valence-corrected chi connectivity index (χ0v) is 12.9. The predicted molar refractivity (Wildman–Crippen MR) is 78.3 cm³/mol. The van der Waals surface area contributed by atoms with E-state index in [1.165, 1.54) is 0 Å². The molecule has 1 rings (SSSR count). The Morgan fingerprint density at radius 2 is 1.77 bits per heavy atom. The first-order valence-corrected chi connectivity index (χ1v) is 6.67. The van der Waals surface area contributed by atoms with Gasteiger partial charge in [-0.15, -0.1) is 0 Å². The summed E-state index contributed by atoms with van der Waals surface area (Å²) in [5, 5.41) is 0. The summed E-state index contributed by atoms with van der Waals surface area (Å²) in [6.45, 7) is 0. The number of rotatable bonds is 2. The molecule has 1 aromatic carbocycles. The summed E-state index contributed by atoms with van der Waals surface area (Å²) in [5.41, 5.74) is 1.00. The molecule has 13 heavy (non-hydrogen) atoms. The molecule has 1 amide bonds. The number of hydrogen-bond donors (Lipinski definition) is 1. The lowest BCUT2D eigenvalue weighted by Crippen LogP contribution is -2.29. The molecule has 1 N–H and O–H groups in total. The SMILES string of the molecule is O=C(NI)C(I)(I)c1ccccc1. The molecule has 0 aliphatic heterocycles. The first-order valence-electron chi connectivity index (χ1n) is 3.43. The van der Waals surface area contributed by atoms with Crippen LogP contribution in [-0.4, -0.2) is 5.91 Å². The number of halogens is 3. The van der Waals surface area contributed by atoms with Gasteiger partial charge in [0.25, 0.3) is 5.91 Å².